The lowest BCUT2D eigenvalue weighted by molar-refractivity contribution is 0.237. The second-order valence-electron chi connectivity index (χ2n) is 4.74. The molecule has 0 spiro atoms. The van der Waals surface area contributed by atoms with Gasteiger partial charge in [0.1, 0.15) is 0 Å². The Balaban J connectivity index is 1.83. The lowest BCUT2D eigenvalue weighted by Gasteiger charge is -2.28. The Labute approximate surface area is 80.8 Å². The lowest BCUT2D eigenvalue weighted by atomic mass is 10.0. The first kappa shape index (κ1) is 9.22. The summed E-state index contributed by atoms with van der Waals surface area (Å²) in [5, 5.41) is 0. The smallest absolute Gasteiger partial charge is 0.0166 e. The van der Waals surface area contributed by atoms with Gasteiger partial charge in [0.25, 0.3) is 0 Å². The van der Waals surface area contributed by atoms with E-state index in [1.54, 1.807) is 5.57 Å². The van der Waals surface area contributed by atoms with Crippen molar-refractivity contribution in [2.24, 2.45) is 11.1 Å². The van der Waals surface area contributed by atoms with Gasteiger partial charge in [-0.25, -0.2) is 0 Å². The third-order valence-electron chi connectivity index (χ3n) is 3.47. The summed E-state index contributed by atoms with van der Waals surface area (Å²) in [6, 6.07) is 0. The average Bonchev–Trinajstić information content (AvgIpc) is 2.90. The molecule has 0 aromatic heterocycles. The molecule has 0 amide bonds. The van der Waals surface area contributed by atoms with Crippen LogP contribution in [0.5, 0.6) is 0 Å². The van der Waals surface area contributed by atoms with Crippen LogP contribution in [0.15, 0.2) is 11.6 Å². The van der Waals surface area contributed by atoms with Crippen molar-refractivity contribution in [3.05, 3.63) is 11.6 Å². The Hall–Kier alpha value is -0.340. The van der Waals surface area contributed by atoms with Crippen molar-refractivity contribution in [1.82, 2.24) is 4.90 Å². The van der Waals surface area contributed by atoms with Crippen molar-refractivity contribution in [3.8, 4) is 0 Å². The molecule has 1 aliphatic heterocycles. The summed E-state index contributed by atoms with van der Waals surface area (Å²) in [4.78, 5) is 2.55. The summed E-state index contributed by atoms with van der Waals surface area (Å²) < 4.78 is 0. The number of rotatable bonds is 3. The first-order valence-corrected chi connectivity index (χ1v) is 5.32. The van der Waals surface area contributed by atoms with Gasteiger partial charge in [0, 0.05) is 19.6 Å². The summed E-state index contributed by atoms with van der Waals surface area (Å²) >= 11 is 0. The highest BCUT2D eigenvalue weighted by atomic mass is 15.1. The third-order valence-corrected chi connectivity index (χ3v) is 3.47. The maximum atomic E-state index is 5.77. The van der Waals surface area contributed by atoms with Crippen molar-refractivity contribution >= 4 is 0 Å². The molecule has 0 aromatic carbocycles. The number of hydrogen-bond acceptors (Lipinski definition) is 2. The number of nitrogens with two attached hydrogens (primary N) is 1. The molecule has 0 aromatic rings. The summed E-state index contributed by atoms with van der Waals surface area (Å²) in [7, 11) is 0. The quantitative estimate of drug-likeness (QED) is 0.665. The maximum Gasteiger partial charge on any atom is 0.0166 e. The van der Waals surface area contributed by atoms with E-state index >= 15 is 0 Å². The second-order valence-corrected chi connectivity index (χ2v) is 4.74. The summed E-state index contributed by atoms with van der Waals surface area (Å²) in [5.74, 6) is 0. The van der Waals surface area contributed by atoms with E-state index in [1.807, 2.05) is 0 Å². The third kappa shape index (κ3) is 2.12. The van der Waals surface area contributed by atoms with E-state index in [0.717, 1.165) is 13.1 Å². The standard InChI is InChI=1S/C11H20N2/c1-10-2-6-13(7-3-10)9-11(8-12)4-5-11/h2H,3-9,12H2,1H3. The largest absolute Gasteiger partial charge is 0.330 e. The molecule has 2 heteroatoms. The van der Waals surface area contributed by atoms with Crippen LogP contribution in [-0.2, 0) is 0 Å². The Bertz CT molecular complexity index is 216. The molecular formula is C11H20N2. The van der Waals surface area contributed by atoms with E-state index in [4.69, 9.17) is 5.73 Å². The van der Waals surface area contributed by atoms with Crippen LogP contribution in [0, 0.1) is 5.41 Å². The number of nitrogens with zero attached hydrogens (tertiary/aromatic N) is 1. The van der Waals surface area contributed by atoms with E-state index in [-0.39, 0.29) is 0 Å². The van der Waals surface area contributed by atoms with Crippen LogP contribution in [0.2, 0.25) is 0 Å². The highest BCUT2D eigenvalue weighted by Gasteiger charge is 2.42. The van der Waals surface area contributed by atoms with Gasteiger partial charge >= 0.3 is 0 Å². The van der Waals surface area contributed by atoms with Gasteiger partial charge in [0.15, 0.2) is 0 Å². The van der Waals surface area contributed by atoms with Crippen LogP contribution in [0.4, 0.5) is 0 Å². The molecule has 0 unspecified atom stereocenters. The Morgan fingerprint density at radius 1 is 1.54 bits per heavy atom. The summed E-state index contributed by atoms with van der Waals surface area (Å²) in [5.41, 5.74) is 7.83. The van der Waals surface area contributed by atoms with Gasteiger partial charge in [-0.05, 0) is 38.1 Å². The van der Waals surface area contributed by atoms with Crippen LogP contribution < -0.4 is 5.73 Å². The van der Waals surface area contributed by atoms with Crippen LogP contribution in [-0.4, -0.2) is 31.1 Å². The van der Waals surface area contributed by atoms with Gasteiger partial charge in [0.05, 0.1) is 0 Å². The van der Waals surface area contributed by atoms with E-state index < -0.39 is 0 Å². The molecule has 1 aliphatic carbocycles. The van der Waals surface area contributed by atoms with Crippen molar-refractivity contribution < 1.29 is 0 Å². The molecule has 1 saturated carbocycles. The molecule has 2 nitrogen and oxygen atoms in total. The predicted molar refractivity (Wildman–Crippen MR) is 55.5 cm³/mol. The second kappa shape index (κ2) is 3.43. The van der Waals surface area contributed by atoms with Gasteiger partial charge in [-0.3, -0.25) is 4.90 Å². The molecule has 1 fully saturated rings. The molecule has 1 heterocycles. The van der Waals surface area contributed by atoms with Crippen molar-refractivity contribution in [2.45, 2.75) is 26.2 Å². The van der Waals surface area contributed by atoms with Crippen LogP contribution >= 0.6 is 0 Å². The fraction of sp³-hybridized carbons (Fsp3) is 0.818. The fourth-order valence-corrected chi connectivity index (χ4v) is 2.03. The first-order chi connectivity index (χ1) is 6.24. The molecule has 2 N–H and O–H groups in total. The highest BCUT2D eigenvalue weighted by molar-refractivity contribution is 5.05. The van der Waals surface area contributed by atoms with Crippen molar-refractivity contribution in [2.75, 3.05) is 26.2 Å². The van der Waals surface area contributed by atoms with Gasteiger partial charge in [-0.2, -0.15) is 0 Å². The van der Waals surface area contributed by atoms with Gasteiger partial charge < -0.3 is 5.73 Å². The molecule has 13 heavy (non-hydrogen) atoms. The molecule has 2 rings (SSSR count). The molecular weight excluding hydrogens is 160 g/mol. The maximum absolute atomic E-state index is 5.77. The van der Waals surface area contributed by atoms with Crippen LogP contribution in [0.1, 0.15) is 26.2 Å². The zero-order valence-electron chi connectivity index (χ0n) is 8.55. The molecule has 0 saturated heterocycles. The fourth-order valence-electron chi connectivity index (χ4n) is 2.03. The molecule has 0 atom stereocenters. The molecule has 2 aliphatic rings. The first-order valence-electron chi connectivity index (χ1n) is 5.32. The topological polar surface area (TPSA) is 29.3 Å². The van der Waals surface area contributed by atoms with Gasteiger partial charge in [-0.15, -0.1) is 0 Å². The van der Waals surface area contributed by atoms with Gasteiger partial charge in [-0.1, -0.05) is 11.6 Å². The molecule has 0 bridgehead atoms. The predicted octanol–water partition coefficient (Wildman–Crippen LogP) is 1.38. The minimum absolute atomic E-state index is 0.513. The highest BCUT2D eigenvalue weighted by Crippen LogP contribution is 2.45. The minimum atomic E-state index is 0.513. The Kier molecular flexibility index (Phi) is 2.43. The monoisotopic (exact) mass is 180 g/mol. The zero-order valence-corrected chi connectivity index (χ0v) is 8.55. The Morgan fingerprint density at radius 3 is 2.77 bits per heavy atom. The van der Waals surface area contributed by atoms with Crippen LogP contribution in [0.25, 0.3) is 0 Å². The Morgan fingerprint density at radius 2 is 2.31 bits per heavy atom. The molecule has 74 valence electrons. The number of hydrogen-bond donors (Lipinski definition) is 1. The van der Waals surface area contributed by atoms with Crippen LogP contribution in [0.3, 0.4) is 0 Å². The zero-order chi connectivity index (χ0) is 9.31. The molecule has 0 radical (unpaired) electrons. The summed E-state index contributed by atoms with van der Waals surface area (Å²) in [6.45, 7) is 6.73. The van der Waals surface area contributed by atoms with Gasteiger partial charge in [0.2, 0.25) is 0 Å². The van der Waals surface area contributed by atoms with Crippen molar-refractivity contribution in [3.63, 3.8) is 0 Å². The van der Waals surface area contributed by atoms with Crippen molar-refractivity contribution in [1.29, 1.82) is 0 Å². The lowest BCUT2D eigenvalue weighted by Crippen LogP contribution is -2.36. The average molecular weight is 180 g/mol. The normalized spacial score (nSPS) is 27.1. The SMILES string of the molecule is CC1=CCN(CC2(CN)CC2)CC1. The van der Waals surface area contributed by atoms with E-state index in [1.165, 1.54) is 32.4 Å². The van der Waals surface area contributed by atoms with E-state index in [0.29, 0.717) is 5.41 Å². The minimum Gasteiger partial charge on any atom is -0.330 e. The summed E-state index contributed by atoms with van der Waals surface area (Å²) in [6.07, 6.45) is 6.31. The van der Waals surface area contributed by atoms with E-state index in [2.05, 4.69) is 17.9 Å². The van der Waals surface area contributed by atoms with E-state index in [9.17, 15) is 0 Å².